The second-order valence-corrected chi connectivity index (χ2v) is 16.0. The topological polar surface area (TPSA) is 56.7 Å². The number of rotatable bonds is 6. The van der Waals surface area contributed by atoms with Gasteiger partial charge in [-0.3, -0.25) is 0 Å². The number of hydrogen-bond acceptors (Lipinski definition) is 5. The molecule has 0 N–H and O–H groups in total. The van der Waals surface area contributed by atoms with Gasteiger partial charge in [0.1, 0.15) is 11.2 Å². The Labute approximate surface area is 384 Å². The van der Waals surface area contributed by atoms with Gasteiger partial charge < -0.3 is 8.98 Å². The van der Waals surface area contributed by atoms with Crippen LogP contribution in [0.2, 0.25) is 0 Å². The van der Waals surface area contributed by atoms with Crippen LogP contribution in [-0.4, -0.2) is 19.5 Å². The minimum atomic E-state index is -0.635. The summed E-state index contributed by atoms with van der Waals surface area (Å²) >= 11 is 1.65. The van der Waals surface area contributed by atoms with E-state index < -0.39 is 42.3 Å². The fourth-order valence-electron chi connectivity index (χ4n) is 8.43. The van der Waals surface area contributed by atoms with Crippen molar-refractivity contribution in [1.29, 1.82) is 0 Å². The lowest BCUT2D eigenvalue weighted by molar-refractivity contribution is 0.668. The van der Waals surface area contributed by atoms with Crippen LogP contribution < -0.4 is 0 Å². The molecule has 0 saturated carbocycles. The van der Waals surface area contributed by atoms with Gasteiger partial charge in [0, 0.05) is 70.1 Å². The normalized spacial score (nSPS) is 14.7. The van der Waals surface area contributed by atoms with Gasteiger partial charge in [-0.2, -0.15) is 0 Å². The van der Waals surface area contributed by atoms with E-state index in [2.05, 4.69) is 36.4 Å². The quantitative estimate of drug-likeness (QED) is 0.167. The summed E-state index contributed by atoms with van der Waals surface area (Å²) in [6.45, 7) is 0. The molecule has 0 fully saturated rings. The zero-order valence-electron chi connectivity index (χ0n) is 45.7. The largest absolute Gasteiger partial charge is 0.456 e. The first-order valence-corrected chi connectivity index (χ1v) is 20.8. The molecular weight excluding hydrogens is 789 g/mol. The molecule has 0 aliphatic carbocycles. The van der Waals surface area contributed by atoms with Gasteiger partial charge in [0.15, 0.2) is 17.5 Å². The van der Waals surface area contributed by atoms with E-state index in [0.717, 1.165) is 31.3 Å². The van der Waals surface area contributed by atoms with Gasteiger partial charge in [-0.15, -0.1) is 11.3 Å². The number of hydrogen-bond donors (Lipinski definition) is 0. The van der Waals surface area contributed by atoms with Crippen molar-refractivity contribution < 1.29 is 22.2 Å². The third-order valence-electron chi connectivity index (χ3n) is 11.2. The molecule has 0 atom stereocenters. The SMILES string of the molecule is [2H]c1ccc([2H])c(-c2c([2H])cc3c(c2[2H])c2c([2H])c([2H])c([2H])c([2H])c2n3-c2c([2H])cc3c(oc4c([2H])c([2H])cc(-c5nc(-c6ccccc6)nc(-c6cc(-c7ccccc7)c7c(c6)sc6ccccc67)n5)c43)c2[2H])c1[2H]. The zero-order chi connectivity index (χ0) is 52.7. The van der Waals surface area contributed by atoms with Crippen molar-refractivity contribution in [2.75, 3.05) is 0 Å². The van der Waals surface area contributed by atoms with Crippen LogP contribution >= 0.6 is 11.3 Å². The van der Waals surface area contributed by atoms with Gasteiger partial charge in [-0.25, -0.2) is 15.0 Å². The molecule has 5 nitrogen and oxygen atoms in total. The minimum absolute atomic E-state index is 0.0379. The average molecular weight is 836 g/mol. The predicted octanol–water partition coefficient (Wildman–Crippen LogP) is 15.6. The van der Waals surface area contributed by atoms with Gasteiger partial charge in [0.25, 0.3) is 0 Å². The van der Waals surface area contributed by atoms with E-state index in [9.17, 15) is 6.85 Å². The maximum absolute atomic E-state index is 9.87. The van der Waals surface area contributed by atoms with Gasteiger partial charge in [0.05, 0.1) is 28.9 Å². The Hall–Kier alpha value is -8.19. The lowest BCUT2D eigenvalue weighted by atomic mass is 9.97. The van der Waals surface area contributed by atoms with Gasteiger partial charge >= 0.3 is 0 Å². The summed E-state index contributed by atoms with van der Waals surface area (Å²) in [6.07, 6.45) is 0. The van der Waals surface area contributed by atoms with Crippen molar-refractivity contribution in [3.63, 3.8) is 0 Å². The standard InChI is InChI=1S/C57H34N4OS/c1-4-15-35(16-5-1)38-27-30-48-46(31-38)41-21-10-12-24-47(41)61(48)40-28-29-42-50(34-40)62-49-25-14-23-44(53(42)49)57-59-55(37-19-8-3-9-20-37)58-56(60-57)39-32-45(36-17-6-2-7-18-36)54-43-22-11-13-26-51(43)63-52(54)33-39/h1-34H/i4D,10D,12D,14D,15D,16D,21D,24D,25D,27D,28D,31D,34D. The number of benzene rings is 9. The van der Waals surface area contributed by atoms with E-state index >= 15 is 0 Å². The maximum Gasteiger partial charge on any atom is 0.164 e. The molecular formula is C57H34N4OS. The second-order valence-electron chi connectivity index (χ2n) is 14.9. The fraction of sp³-hybridized carbons (Fsp3) is 0. The van der Waals surface area contributed by atoms with Crippen LogP contribution in [0, 0.1) is 0 Å². The van der Waals surface area contributed by atoms with Crippen LogP contribution in [0.15, 0.2) is 210 Å². The van der Waals surface area contributed by atoms with Crippen LogP contribution in [0.5, 0.6) is 0 Å². The number of fused-ring (bicyclic) bond motifs is 9. The summed E-state index contributed by atoms with van der Waals surface area (Å²) in [6, 6.07) is 33.0. The number of furan rings is 1. The molecule has 6 heteroatoms. The molecule has 0 aliphatic heterocycles. The Bertz CT molecular complexity index is 4690. The molecule has 9 aromatic carbocycles. The molecule has 0 amide bonds. The molecule has 0 bridgehead atoms. The zero-order valence-corrected chi connectivity index (χ0v) is 33.5. The Kier molecular flexibility index (Phi) is 5.62. The minimum Gasteiger partial charge on any atom is -0.456 e. The van der Waals surface area contributed by atoms with Crippen molar-refractivity contribution in [2.24, 2.45) is 0 Å². The Morgan fingerprint density at radius 3 is 2.11 bits per heavy atom. The highest BCUT2D eigenvalue weighted by Crippen LogP contribution is 2.44. The Morgan fingerprint density at radius 2 is 1.22 bits per heavy atom. The molecule has 63 heavy (non-hydrogen) atoms. The maximum atomic E-state index is 9.87. The summed E-state index contributed by atoms with van der Waals surface area (Å²) in [7, 11) is 0. The first-order chi connectivity index (χ1) is 36.6. The number of nitrogens with zero attached hydrogens (tertiary/aromatic N) is 4. The Morgan fingerprint density at radius 1 is 0.429 bits per heavy atom. The molecule has 0 aliphatic rings. The fourth-order valence-corrected chi connectivity index (χ4v) is 9.60. The smallest absolute Gasteiger partial charge is 0.164 e. The van der Waals surface area contributed by atoms with Crippen molar-refractivity contribution in [2.45, 2.75) is 0 Å². The van der Waals surface area contributed by atoms with Gasteiger partial charge in [-0.05, 0) is 76.8 Å². The molecule has 4 heterocycles. The van der Waals surface area contributed by atoms with Crippen LogP contribution in [-0.2, 0) is 0 Å². The molecule has 0 radical (unpaired) electrons. The van der Waals surface area contributed by atoms with Gasteiger partial charge in [-0.1, -0.05) is 145 Å². The average Bonchev–Trinajstić information content (AvgIpc) is 4.17. The van der Waals surface area contributed by atoms with E-state index in [-0.39, 0.29) is 108 Å². The van der Waals surface area contributed by atoms with E-state index in [4.69, 9.17) is 30.3 Å². The summed E-state index contributed by atoms with van der Waals surface area (Å²) in [5.74, 6) is 0.754. The highest BCUT2D eigenvalue weighted by Gasteiger charge is 2.21. The highest BCUT2D eigenvalue weighted by atomic mass is 32.1. The summed E-state index contributed by atoms with van der Waals surface area (Å²) < 4.78 is 128. The van der Waals surface area contributed by atoms with Crippen LogP contribution in [0.4, 0.5) is 0 Å². The summed E-state index contributed by atoms with van der Waals surface area (Å²) in [5.41, 5.74) is 2.48. The van der Waals surface area contributed by atoms with E-state index in [1.807, 2.05) is 60.7 Å². The second kappa shape index (κ2) is 14.2. The lowest BCUT2D eigenvalue weighted by Gasteiger charge is -2.12. The Balaban J connectivity index is 1.08. The highest BCUT2D eigenvalue weighted by molar-refractivity contribution is 7.26. The summed E-state index contributed by atoms with van der Waals surface area (Å²) in [4.78, 5) is 15.2. The monoisotopic (exact) mass is 835 g/mol. The number of para-hydroxylation sites is 1. The lowest BCUT2D eigenvalue weighted by Crippen LogP contribution is -2.00. The molecule has 0 spiro atoms. The molecule has 0 saturated heterocycles. The van der Waals surface area contributed by atoms with Crippen LogP contribution in [0.3, 0.4) is 0 Å². The third kappa shape index (κ3) is 5.80. The van der Waals surface area contributed by atoms with Crippen molar-refractivity contribution in [1.82, 2.24) is 19.5 Å². The van der Waals surface area contributed by atoms with Crippen molar-refractivity contribution >= 4 is 75.3 Å². The molecule has 294 valence electrons. The van der Waals surface area contributed by atoms with Crippen molar-refractivity contribution in [3.8, 4) is 62.1 Å². The van der Waals surface area contributed by atoms with Gasteiger partial charge in [0.2, 0.25) is 0 Å². The van der Waals surface area contributed by atoms with E-state index in [1.165, 1.54) is 34.9 Å². The molecule has 0 unspecified atom stereocenters. The van der Waals surface area contributed by atoms with Crippen LogP contribution in [0.1, 0.15) is 17.8 Å². The van der Waals surface area contributed by atoms with E-state index in [1.54, 1.807) is 11.3 Å². The first kappa shape index (κ1) is 24.9. The van der Waals surface area contributed by atoms with E-state index in [0.29, 0.717) is 22.8 Å². The first-order valence-electron chi connectivity index (χ1n) is 26.5. The predicted molar refractivity (Wildman–Crippen MR) is 262 cm³/mol. The molecule has 4 aromatic heterocycles. The third-order valence-corrected chi connectivity index (χ3v) is 12.4. The molecule has 13 rings (SSSR count). The van der Waals surface area contributed by atoms with Crippen LogP contribution in [0.25, 0.3) is 126 Å². The number of thiophene rings is 1. The van der Waals surface area contributed by atoms with Crippen molar-refractivity contribution in [3.05, 3.63) is 206 Å². The number of aromatic nitrogens is 4. The summed E-state index contributed by atoms with van der Waals surface area (Å²) in [5, 5.41) is 2.37. The molecule has 13 aromatic rings.